The number of carbonyl (C=O) groups is 1. The molecule has 1 amide bonds. The summed E-state index contributed by atoms with van der Waals surface area (Å²) in [5.74, 6) is -0.376. The van der Waals surface area contributed by atoms with Gasteiger partial charge in [0.25, 0.3) is 5.91 Å². The van der Waals surface area contributed by atoms with E-state index in [1.807, 2.05) is 0 Å². The zero-order valence-electron chi connectivity index (χ0n) is 16.5. The Hall–Kier alpha value is -3.08. The van der Waals surface area contributed by atoms with E-state index in [1.54, 1.807) is 13.0 Å². The molecule has 11 heteroatoms. The topological polar surface area (TPSA) is 92.5 Å². The Balaban J connectivity index is 2.25. The number of alkyl halides is 3. The Morgan fingerprint density at radius 2 is 1.80 bits per heavy atom. The predicted molar refractivity (Wildman–Crippen MR) is 106 cm³/mol. The Labute approximate surface area is 170 Å². The summed E-state index contributed by atoms with van der Waals surface area (Å²) in [4.78, 5) is 16.8. The highest BCUT2D eigenvalue weighted by atomic mass is 32.2. The standard InChI is InChI=1S/C19H18F3N3O4S/c1-10-9-13-14(17(26)23-2)15(11-5-7-12(8-6-11)19(20,21)22)29-18(13)24-16(10)25(3)30(4,27)28/h5-9H,1-4H3,(H,23,26). The van der Waals surface area contributed by atoms with Crippen molar-refractivity contribution in [2.24, 2.45) is 0 Å². The summed E-state index contributed by atoms with van der Waals surface area (Å²) in [5, 5.41) is 2.79. The summed E-state index contributed by atoms with van der Waals surface area (Å²) in [6, 6.07) is 5.73. The largest absolute Gasteiger partial charge is 0.437 e. The molecule has 0 saturated carbocycles. The Morgan fingerprint density at radius 1 is 1.20 bits per heavy atom. The van der Waals surface area contributed by atoms with Gasteiger partial charge in [0.2, 0.25) is 15.7 Å². The van der Waals surface area contributed by atoms with Crippen molar-refractivity contribution >= 4 is 32.8 Å². The van der Waals surface area contributed by atoms with Crippen LogP contribution in [0.4, 0.5) is 19.0 Å². The van der Waals surface area contributed by atoms with Gasteiger partial charge in [0.05, 0.1) is 22.8 Å². The highest BCUT2D eigenvalue weighted by Gasteiger charge is 2.31. The van der Waals surface area contributed by atoms with E-state index in [0.717, 1.165) is 22.7 Å². The minimum atomic E-state index is -4.50. The third-order valence-electron chi connectivity index (χ3n) is 4.57. The average Bonchev–Trinajstić information content (AvgIpc) is 3.03. The number of carbonyl (C=O) groups excluding carboxylic acids is 1. The summed E-state index contributed by atoms with van der Waals surface area (Å²) in [5.41, 5.74) is -0.0403. The molecule has 0 unspecified atom stereocenters. The van der Waals surface area contributed by atoms with E-state index in [9.17, 15) is 26.4 Å². The van der Waals surface area contributed by atoms with Crippen LogP contribution < -0.4 is 9.62 Å². The molecular weight excluding hydrogens is 423 g/mol. The van der Waals surface area contributed by atoms with Crippen LogP contribution in [-0.2, 0) is 16.2 Å². The van der Waals surface area contributed by atoms with Crippen molar-refractivity contribution in [3.63, 3.8) is 0 Å². The number of nitrogens with zero attached hydrogens (tertiary/aromatic N) is 2. The van der Waals surface area contributed by atoms with Gasteiger partial charge in [0, 0.05) is 19.7 Å². The van der Waals surface area contributed by atoms with Gasteiger partial charge in [-0.1, -0.05) is 12.1 Å². The number of nitrogens with one attached hydrogen (secondary N) is 1. The zero-order chi connectivity index (χ0) is 22.4. The summed E-state index contributed by atoms with van der Waals surface area (Å²) in [6.07, 6.45) is -3.48. The molecule has 3 rings (SSSR count). The first-order chi connectivity index (χ1) is 13.8. The van der Waals surface area contributed by atoms with Crippen molar-refractivity contribution in [1.82, 2.24) is 10.3 Å². The van der Waals surface area contributed by atoms with Crippen molar-refractivity contribution in [3.05, 3.63) is 47.0 Å². The number of pyridine rings is 1. The number of hydrogen-bond acceptors (Lipinski definition) is 5. The molecule has 7 nitrogen and oxygen atoms in total. The van der Waals surface area contributed by atoms with E-state index >= 15 is 0 Å². The van der Waals surface area contributed by atoms with Crippen LogP contribution in [0, 0.1) is 6.92 Å². The second kappa shape index (κ2) is 7.31. The SMILES string of the molecule is CNC(=O)c1c(-c2ccc(C(F)(F)F)cc2)oc2nc(N(C)S(C)(=O)=O)c(C)cc12. The molecule has 0 spiro atoms. The normalized spacial score (nSPS) is 12.2. The van der Waals surface area contributed by atoms with Crippen molar-refractivity contribution in [2.45, 2.75) is 13.1 Å². The first-order valence-electron chi connectivity index (χ1n) is 8.62. The van der Waals surface area contributed by atoms with E-state index < -0.39 is 27.7 Å². The molecule has 0 atom stereocenters. The first kappa shape index (κ1) is 21.6. The summed E-state index contributed by atoms with van der Waals surface area (Å²) >= 11 is 0. The number of hydrogen-bond donors (Lipinski definition) is 1. The maximum atomic E-state index is 12.9. The molecule has 1 N–H and O–H groups in total. The van der Waals surface area contributed by atoms with E-state index in [-0.39, 0.29) is 28.4 Å². The smallest absolute Gasteiger partial charge is 0.416 e. The average molecular weight is 441 g/mol. The number of benzene rings is 1. The van der Waals surface area contributed by atoms with E-state index in [1.165, 1.54) is 26.2 Å². The number of aryl methyl sites for hydroxylation is 1. The number of halogens is 3. The number of rotatable bonds is 4. The minimum Gasteiger partial charge on any atom is -0.437 e. The molecule has 0 fully saturated rings. The number of anilines is 1. The predicted octanol–water partition coefficient (Wildman–Crippen LogP) is 3.58. The lowest BCUT2D eigenvalue weighted by molar-refractivity contribution is -0.137. The van der Waals surface area contributed by atoms with E-state index in [4.69, 9.17) is 4.42 Å². The molecule has 30 heavy (non-hydrogen) atoms. The molecule has 0 radical (unpaired) electrons. The van der Waals surface area contributed by atoms with Crippen LogP contribution in [0.15, 0.2) is 34.7 Å². The Bertz CT molecular complexity index is 1230. The van der Waals surface area contributed by atoms with Gasteiger partial charge in [0.15, 0.2) is 0 Å². The number of aromatic nitrogens is 1. The summed E-state index contributed by atoms with van der Waals surface area (Å²) in [7, 11) is -0.863. The lowest BCUT2D eigenvalue weighted by Gasteiger charge is -2.17. The van der Waals surface area contributed by atoms with Gasteiger partial charge in [-0.2, -0.15) is 18.2 Å². The molecule has 2 aromatic heterocycles. The molecular formula is C19H18F3N3O4S. The fourth-order valence-corrected chi connectivity index (χ4v) is 3.45. The molecule has 0 bridgehead atoms. The van der Waals surface area contributed by atoms with Crippen molar-refractivity contribution < 1.29 is 30.8 Å². The molecule has 1 aromatic carbocycles. The minimum absolute atomic E-state index is 0.0143. The van der Waals surface area contributed by atoms with Gasteiger partial charge < -0.3 is 9.73 Å². The van der Waals surface area contributed by atoms with E-state index in [2.05, 4.69) is 10.3 Å². The fourth-order valence-electron chi connectivity index (χ4n) is 2.95. The maximum Gasteiger partial charge on any atom is 0.416 e. The van der Waals surface area contributed by atoms with Gasteiger partial charge in [0.1, 0.15) is 11.6 Å². The van der Waals surface area contributed by atoms with Crippen LogP contribution in [0.25, 0.3) is 22.4 Å². The Kier molecular flexibility index (Phi) is 5.27. The number of sulfonamides is 1. The number of amides is 1. The first-order valence-corrected chi connectivity index (χ1v) is 10.5. The van der Waals surface area contributed by atoms with E-state index in [0.29, 0.717) is 10.9 Å². The van der Waals surface area contributed by atoms with Gasteiger partial charge in [-0.25, -0.2) is 8.42 Å². The van der Waals surface area contributed by atoms with Crippen LogP contribution in [0.5, 0.6) is 0 Å². The molecule has 0 aliphatic heterocycles. The Morgan fingerprint density at radius 3 is 2.30 bits per heavy atom. The maximum absolute atomic E-state index is 12.9. The molecule has 0 saturated heterocycles. The third kappa shape index (κ3) is 3.84. The lowest BCUT2D eigenvalue weighted by Crippen LogP contribution is -2.26. The summed E-state index contributed by atoms with van der Waals surface area (Å²) in [6.45, 7) is 1.63. The fraction of sp³-hybridized carbons (Fsp3) is 0.263. The van der Waals surface area contributed by atoms with Crippen LogP contribution >= 0.6 is 0 Å². The van der Waals surface area contributed by atoms with Gasteiger partial charge in [-0.15, -0.1) is 0 Å². The van der Waals surface area contributed by atoms with Crippen LogP contribution in [0.2, 0.25) is 0 Å². The van der Waals surface area contributed by atoms with Gasteiger partial charge in [-0.3, -0.25) is 9.10 Å². The quantitative estimate of drug-likeness (QED) is 0.668. The highest BCUT2D eigenvalue weighted by Crippen LogP contribution is 2.37. The summed E-state index contributed by atoms with van der Waals surface area (Å²) < 4.78 is 69.0. The molecule has 3 aromatic rings. The van der Waals surface area contributed by atoms with Crippen LogP contribution in [0.3, 0.4) is 0 Å². The lowest BCUT2D eigenvalue weighted by atomic mass is 10.0. The van der Waals surface area contributed by atoms with Crippen LogP contribution in [-0.4, -0.2) is 39.7 Å². The van der Waals surface area contributed by atoms with Crippen molar-refractivity contribution in [1.29, 1.82) is 0 Å². The molecule has 160 valence electrons. The van der Waals surface area contributed by atoms with Gasteiger partial charge >= 0.3 is 6.18 Å². The van der Waals surface area contributed by atoms with Crippen LogP contribution in [0.1, 0.15) is 21.5 Å². The zero-order valence-corrected chi connectivity index (χ0v) is 17.3. The van der Waals surface area contributed by atoms with Crippen molar-refractivity contribution in [2.75, 3.05) is 24.7 Å². The number of fused-ring (bicyclic) bond motifs is 1. The highest BCUT2D eigenvalue weighted by molar-refractivity contribution is 7.92. The number of furan rings is 1. The second-order valence-corrected chi connectivity index (χ2v) is 8.69. The monoisotopic (exact) mass is 441 g/mol. The molecule has 0 aliphatic carbocycles. The van der Waals surface area contributed by atoms with Crippen molar-refractivity contribution in [3.8, 4) is 11.3 Å². The molecule has 2 heterocycles. The third-order valence-corrected chi connectivity index (χ3v) is 5.74. The molecule has 0 aliphatic rings. The van der Waals surface area contributed by atoms with Gasteiger partial charge in [-0.05, 0) is 30.7 Å². The second-order valence-electron chi connectivity index (χ2n) is 6.67.